The van der Waals surface area contributed by atoms with Gasteiger partial charge in [-0.05, 0) is 32.9 Å². The van der Waals surface area contributed by atoms with Gasteiger partial charge in [-0.2, -0.15) is 0 Å². The molecular formula is C14H27N3S. The number of amidine groups is 1. The van der Waals surface area contributed by atoms with E-state index in [0.29, 0.717) is 17.5 Å². The number of hydrogen-bond acceptors (Lipinski definition) is 3. The summed E-state index contributed by atoms with van der Waals surface area (Å²) in [4.78, 5) is 7.25. The fourth-order valence-corrected chi connectivity index (χ4v) is 4.06. The number of rotatable bonds is 4. The van der Waals surface area contributed by atoms with Gasteiger partial charge in [-0.1, -0.05) is 38.5 Å². The highest BCUT2D eigenvalue weighted by atomic mass is 32.2. The summed E-state index contributed by atoms with van der Waals surface area (Å²) in [6.07, 6.45) is 5.32. The molecule has 0 aromatic carbocycles. The van der Waals surface area contributed by atoms with Gasteiger partial charge in [0.05, 0.1) is 6.54 Å². The maximum absolute atomic E-state index is 4.86. The lowest BCUT2D eigenvalue weighted by molar-refractivity contribution is 0.167. The lowest BCUT2D eigenvalue weighted by atomic mass is 9.96. The van der Waals surface area contributed by atoms with E-state index in [0.717, 1.165) is 6.54 Å². The Bertz CT molecular complexity index is 306. The van der Waals surface area contributed by atoms with Crippen LogP contribution in [0.4, 0.5) is 0 Å². The first-order valence-corrected chi connectivity index (χ1v) is 8.13. The molecule has 1 atom stereocenters. The Labute approximate surface area is 116 Å². The standard InChI is InChI=1S/C14H27N3S/c1-11(2)12-9-18-13(16-12)15-10-14(17(3)4)7-5-6-8-14/h11-12H,5-10H2,1-4H3,(H,15,16). The van der Waals surface area contributed by atoms with E-state index >= 15 is 0 Å². The number of nitrogens with one attached hydrogen (secondary N) is 1. The van der Waals surface area contributed by atoms with Gasteiger partial charge in [0.1, 0.15) is 0 Å². The molecule has 4 heteroatoms. The third-order valence-corrected chi connectivity index (χ3v) is 5.56. The smallest absolute Gasteiger partial charge is 0.156 e. The zero-order valence-corrected chi connectivity index (χ0v) is 13.0. The SMILES string of the molecule is CC(C)C1CSC(=NCC2(N(C)C)CCCC2)N1. The lowest BCUT2D eigenvalue weighted by Crippen LogP contribution is -2.45. The maximum atomic E-state index is 4.86. The summed E-state index contributed by atoms with van der Waals surface area (Å²) >= 11 is 1.89. The minimum absolute atomic E-state index is 0.325. The van der Waals surface area contributed by atoms with Crippen LogP contribution >= 0.6 is 11.8 Å². The number of hydrogen-bond donors (Lipinski definition) is 1. The highest BCUT2D eigenvalue weighted by molar-refractivity contribution is 8.14. The van der Waals surface area contributed by atoms with Crippen LogP contribution in [0.3, 0.4) is 0 Å². The van der Waals surface area contributed by atoms with Crippen LogP contribution in [0.25, 0.3) is 0 Å². The Morgan fingerprint density at radius 1 is 1.39 bits per heavy atom. The first-order valence-electron chi connectivity index (χ1n) is 7.15. The van der Waals surface area contributed by atoms with Gasteiger partial charge in [-0.15, -0.1) is 0 Å². The van der Waals surface area contributed by atoms with Crippen LogP contribution in [0.1, 0.15) is 39.5 Å². The van der Waals surface area contributed by atoms with Crippen LogP contribution in [0.2, 0.25) is 0 Å². The van der Waals surface area contributed by atoms with Crippen molar-refractivity contribution in [3.05, 3.63) is 0 Å². The van der Waals surface area contributed by atoms with Crippen molar-refractivity contribution in [2.24, 2.45) is 10.9 Å². The van der Waals surface area contributed by atoms with Crippen molar-refractivity contribution < 1.29 is 0 Å². The van der Waals surface area contributed by atoms with Gasteiger partial charge in [0.25, 0.3) is 0 Å². The fraction of sp³-hybridized carbons (Fsp3) is 0.929. The largest absolute Gasteiger partial charge is 0.361 e. The average Bonchev–Trinajstić information content (AvgIpc) is 2.96. The quantitative estimate of drug-likeness (QED) is 0.850. The summed E-state index contributed by atoms with van der Waals surface area (Å²) in [5.41, 5.74) is 0.325. The molecule has 0 bridgehead atoms. The molecule has 1 heterocycles. The number of nitrogens with zero attached hydrogens (tertiary/aromatic N) is 2. The van der Waals surface area contributed by atoms with Crippen molar-refractivity contribution in [1.29, 1.82) is 0 Å². The summed E-state index contributed by atoms with van der Waals surface area (Å²) in [6.45, 7) is 5.51. The normalized spacial score (nSPS) is 29.4. The minimum atomic E-state index is 0.325. The summed E-state index contributed by atoms with van der Waals surface area (Å²) < 4.78 is 0. The van der Waals surface area contributed by atoms with Crippen molar-refractivity contribution in [3.8, 4) is 0 Å². The van der Waals surface area contributed by atoms with Gasteiger partial charge in [-0.3, -0.25) is 4.99 Å². The van der Waals surface area contributed by atoms with Gasteiger partial charge < -0.3 is 10.2 Å². The molecule has 0 aromatic heterocycles. The molecule has 1 saturated carbocycles. The molecule has 1 saturated heterocycles. The van der Waals surface area contributed by atoms with Crippen molar-refractivity contribution >= 4 is 16.9 Å². The number of aliphatic imine (C=N–C) groups is 1. The molecule has 18 heavy (non-hydrogen) atoms. The van der Waals surface area contributed by atoms with E-state index in [1.165, 1.54) is 36.6 Å². The predicted octanol–water partition coefficient (Wildman–Crippen LogP) is 2.58. The van der Waals surface area contributed by atoms with Gasteiger partial charge in [0, 0.05) is 17.3 Å². The Morgan fingerprint density at radius 2 is 2.06 bits per heavy atom. The summed E-state index contributed by atoms with van der Waals surface area (Å²) in [5, 5.41) is 4.73. The molecule has 1 N–H and O–H groups in total. The second-order valence-electron chi connectivity index (χ2n) is 6.25. The van der Waals surface area contributed by atoms with E-state index in [-0.39, 0.29) is 0 Å². The zero-order chi connectivity index (χ0) is 13.2. The third kappa shape index (κ3) is 3.02. The monoisotopic (exact) mass is 269 g/mol. The van der Waals surface area contributed by atoms with Crippen LogP contribution in [-0.2, 0) is 0 Å². The molecule has 1 aliphatic carbocycles. The zero-order valence-electron chi connectivity index (χ0n) is 12.2. The van der Waals surface area contributed by atoms with Gasteiger partial charge >= 0.3 is 0 Å². The van der Waals surface area contributed by atoms with Crippen LogP contribution in [0.5, 0.6) is 0 Å². The second kappa shape index (κ2) is 5.83. The number of thioether (sulfide) groups is 1. The summed E-state index contributed by atoms with van der Waals surface area (Å²) in [7, 11) is 4.41. The Hall–Kier alpha value is -0.220. The molecule has 0 spiro atoms. The van der Waals surface area contributed by atoms with Crippen LogP contribution < -0.4 is 5.32 Å². The first kappa shape index (κ1) is 14.2. The van der Waals surface area contributed by atoms with E-state index in [9.17, 15) is 0 Å². The van der Waals surface area contributed by atoms with E-state index in [1.807, 2.05) is 11.8 Å². The Morgan fingerprint density at radius 3 is 2.56 bits per heavy atom. The van der Waals surface area contributed by atoms with E-state index in [1.54, 1.807) is 0 Å². The maximum Gasteiger partial charge on any atom is 0.156 e. The minimum Gasteiger partial charge on any atom is -0.361 e. The Kier molecular flexibility index (Phi) is 4.59. The molecular weight excluding hydrogens is 242 g/mol. The third-order valence-electron chi connectivity index (χ3n) is 4.51. The van der Waals surface area contributed by atoms with Gasteiger partial charge in [0.2, 0.25) is 0 Å². The van der Waals surface area contributed by atoms with Crippen molar-refractivity contribution in [1.82, 2.24) is 10.2 Å². The molecule has 2 aliphatic rings. The molecule has 0 amide bonds. The van der Waals surface area contributed by atoms with Crippen LogP contribution in [0, 0.1) is 5.92 Å². The highest BCUT2D eigenvalue weighted by Crippen LogP contribution is 2.34. The highest BCUT2D eigenvalue weighted by Gasteiger charge is 2.36. The van der Waals surface area contributed by atoms with Crippen molar-refractivity contribution in [2.75, 3.05) is 26.4 Å². The average molecular weight is 269 g/mol. The summed E-state index contributed by atoms with van der Waals surface area (Å²) in [6, 6.07) is 0.604. The molecule has 3 nitrogen and oxygen atoms in total. The molecule has 1 aliphatic heterocycles. The predicted molar refractivity (Wildman–Crippen MR) is 81.4 cm³/mol. The van der Waals surface area contributed by atoms with Crippen molar-refractivity contribution in [3.63, 3.8) is 0 Å². The van der Waals surface area contributed by atoms with Crippen LogP contribution in [0.15, 0.2) is 4.99 Å². The molecule has 0 radical (unpaired) electrons. The van der Waals surface area contributed by atoms with Crippen LogP contribution in [-0.4, -0.2) is 48.0 Å². The van der Waals surface area contributed by atoms with Gasteiger partial charge in [0.15, 0.2) is 5.17 Å². The second-order valence-corrected chi connectivity index (χ2v) is 7.26. The van der Waals surface area contributed by atoms with E-state index < -0.39 is 0 Å². The van der Waals surface area contributed by atoms with Gasteiger partial charge in [-0.25, -0.2) is 0 Å². The first-order chi connectivity index (χ1) is 8.53. The molecule has 1 unspecified atom stereocenters. The fourth-order valence-electron chi connectivity index (χ4n) is 2.86. The van der Waals surface area contributed by atoms with E-state index in [2.05, 4.69) is 38.2 Å². The molecule has 0 aromatic rings. The van der Waals surface area contributed by atoms with Crippen molar-refractivity contribution in [2.45, 2.75) is 51.1 Å². The topological polar surface area (TPSA) is 27.6 Å². The molecule has 104 valence electrons. The van der Waals surface area contributed by atoms with E-state index in [4.69, 9.17) is 4.99 Å². The molecule has 2 fully saturated rings. The Balaban J connectivity index is 1.94. The molecule has 2 rings (SSSR count). The lowest BCUT2D eigenvalue weighted by Gasteiger charge is -2.34. The summed E-state index contributed by atoms with van der Waals surface area (Å²) in [5.74, 6) is 1.87. The number of likely N-dealkylation sites (N-methyl/N-ethyl adjacent to an activating group) is 1.